The average Bonchev–Trinajstić information content (AvgIpc) is 2.81. The van der Waals surface area contributed by atoms with Crippen LogP contribution in [-0.4, -0.2) is 15.5 Å². The highest BCUT2D eigenvalue weighted by molar-refractivity contribution is 5.77. The first kappa shape index (κ1) is 15.2. The normalized spacial score (nSPS) is 12.4. The van der Waals surface area contributed by atoms with Gasteiger partial charge in [0.15, 0.2) is 0 Å². The summed E-state index contributed by atoms with van der Waals surface area (Å²) in [6.07, 6.45) is 3.89. The van der Waals surface area contributed by atoms with Gasteiger partial charge in [0.1, 0.15) is 17.7 Å². The van der Waals surface area contributed by atoms with Crippen LogP contribution in [0.5, 0.6) is 0 Å². The van der Waals surface area contributed by atoms with Crippen molar-refractivity contribution >= 4 is 5.91 Å². The number of nitrogens with zero attached hydrogens (tertiary/aromatic N) is 2. The highest BCUT2D eigenvalue weighted by Crippen LogP contribution is 2.21. The van der Waals surface area contributed by atoms with Crippen LogP contribution < -0.4 is 5.32 Å². The summed E-state index contributed by atoms with van der Waals surface area (Å²) in [5.74, 6) is 0.546. The Kier molecular flexibility index (Phi) is 4.73. The monoisotopic (exact) mass is 289 g/mol. The third kappa shape index (κ3) is 3.90. The minimum atomic E-state index is -0.452. The number of carbonyl (C=O) groups excluding carboxylic acids is 1. The van der Waals surface area contributed by atoms with Crippen molar-refractivity contribution in [2.75, 3.05) is 0 Å². The van der Waals surface area contributed by atoms with Crippen LogP contribution in [0, 0.1) is 11.7 Å². The number of nitrogens with one attached hydrogen (secondary N) is 1. The molecular weight excluding hydrogens is 269 g/mol. The fourth-order valence-corrected chi connectivity index (χ4v) is 2.23. The number of aryl methyl sites for hydroxylation is 1. The lowest BCUT2D eigenvalue weighted by molar-refractivity contribution is -0.122. The molecule has 21 heavy (non-hydrogen) atoms. The zero-order valence-corrected chi connectivity index (χ0v) is 12.5. The second-order valence-electron chi connectivity index (χ2n) is 5.55. The van der Waals surface area contributed by atoms with Crippen LogP contribution in [0.3, 0.4) is 0 Å². The maximum absolute atomic E-state index is 13.5. The summed E-state index contributed by atoms with van der Waals surface area (Å²) in [7, 11) is 1.85. The number of carbonyl (C=O) groups is 1. The Bertz CT molecular complexity index is 621. The Labute approximate surface area is 124 Å². The van der Waals surface area contributed by atoms with Crippen molar-refractivity contribution in [3.8, 4) is 0 Å². The summed E-state index contributed by atoms with van der Waals surface area (Å²) in [5, 5.41) is 2.95. The molecule has 1 amide bonds. The lowest BCUT2D eigenvalue weighted by Crippen LogP contribution is -2.31. The molecule has 1 aromatic heterocycles. The molecule has 0 saturated carbocycles. The Morgan fingerprint density at radius 2 is 2.19 bits per heavy atom. The molecular formula is C16H20FN3O. The van der Waals surface area contributed by atoms with E-state index >= 15 is 0 Å². The highest BCUT2D eigenvalue weighted by Gasteiger charge is 2.21. The molecule has 0 bridgehead atoms. The van der Waals surface area contributed by atoms with Gasteiger partial charge in [0.05, 0.1) is 0 Å². The molecule has 2 rings (SSSR count). The quantitative estimate of drug-likeness (QED) is 0.920. The van der Waals surface area contributed by atoms with E-state index in [1.807, 2.05) is 25.5 Å². The summed E-state index contributed by atoms with van der Waals surface area (Å²) in [6, 6.07) is 5.78. The van der Waals surface area contributed by atoms with Gasteiger partial charge >= 0.3 is 0 Å². The largest absolute Gasteiger partial charge is 0.342 e. The van der Waals surface area contributed by atoms with Crippen LogP contribution in [0.15, 0.2) is 36.7 Å². The Balaban J connectivity index is 2.31. The first-order valence-corrected chi connectivity index (χ1v) is 6.99. The first-order valence-electron chi connectivity index (χ1n) is 6.99. The van der Waals surface area contributed by atoms with Gasteiger partial charge in [-0.15, -0.1) is 0 Å². The topological polar surface area (TPSA) is 46.9 Å². The molecule has 0 spiro atoms. The van der Waals surface area contributed by atoms with Crippen molar-refractivity contribution in [1.82, 2.24) is 14.9 Å². The van der Waals surface area contributed by atoms with E-state index in [9.17, 15) is 9.18 Å². The van der Waals surface area contributed by atoms with E-state index in [1.165, 1.54) is 12.1 Å². The smallest absolute Gasteiger partial charge is 0.221 e. The van der Waals surface area contributed by atoms with Gasteiger partial charge in [-0.2, -0.15) is 0 Å². The van der Waals surface area contributed by atoms with Gasteiger partial charge < -0.3 is 9.88 Å². The predicted octanol–water partition coefficient (Wildman–Crippen LogP) is 2.81. The Morgan fingerprint density at radius 3 is 2.76 bits per heavy atom. The van der Waals surface area contributed by atoms with Crippen molar-refractivity contribution in [2.45, 2.75) is 26.3 Å². The highest BCUT2D eigenvalue weighted by atomic mass is 19.1. The molecule has 1 unspecified atom stereocenters. The van der Waals surface area contributed by atoms with Crippen molar-refractivity contribution in [2.24, 2.45) is 13.0 Å². The lowest BCUT2D eigenvalue weighted by atomic mass is 10.0. The van der Waals surface area contributed by atoms with Crippen LogP contribution >= 0.6 is 0 Å². The van der Waals surface area contributed by atoms with Crippen LogP contribution in [0.1, 0.15) is 37.7 Å². The van der Waals surface area contributed by atoms with Crippen molar-refractivity contribution in [1.29, 1.82) is 0 Å². The predicted molar refractivity (Wildman–Crippen MR) is 79.0 cm³/mol. The minimum Gasteiger partial charge on any atom is -0.342 e. The van der Waals surface area contributed by atoms with Crippen molar-refractivity contribution in [3.05, 3.63) is 53.9 Å². The number of imidazole rings is 1. The fraction of sp³-hybridized carbons (Fsp3) is 0.375. The SMILES string of the molecule is CC(C)CC(=O)NC(c1cccc(F)c1)c1nccn1C. The molecule has 5 heteroatoms. The fourth-order valence-electron chi connectivity index (χ4n) is 2.23. The molecule has 4 nitrogen and oxygen atoms in total. The van der Waals surface area contributed by atoms with Crippen LogP contribution in [0.25, 0.3) is 0 Å². The van der Waals surface area contributed by atoms with E-state index in [0.29, 0.717) is 17.8 Å². The molecule has 112 valence electrons. The average molecular weight is 289 g/mol. The van der Waals surface area contributed by atoms with E-state index in [4.69, 9.17) is 0 Å². The number of amides is 1. The summed E-state index contributed by atoms with van der Waals surface area (Å²) >= 11 is 0. The molecule has 0 fully saturated rings. The lowest BCUT2D eigenvalue weighted by Gasteiger charge is -2.20. The number of halogens is 1. The summed E-state index contributed by atoms with van der Waals surface area (Å²) in [5.41, 5.74) is 0.682. The molecule has 0 radical (unpaired) electrons. The van der Waals surface area contributed by atoms with Gasteiger partial charge in [-0.05, 0) is 23.6 Å². The Morgan fingerprint density at radius 1 is 1.43 bits per heavy atom. The van der Waals surface area contributed by atoms with E-state index < -0.39 is 6.04 Å². The molecule has 1 atom stereocenters. The third-order valence-corrected chi connectivity index (χ3v) is 3.20. The minimum absolute atomic E-state index is 0.0674. The van der Waals surface area contributed by atoms with E-state index in [1.54, 1.807) is 24.5 Å². The zero-order valence-electron chi connectivity index (χ0n) is 12.5. The van der Waals surface area contributed by atoms with Crippen LogP contribution in [0.2, 0.25) is 0 Å². The molecule has 1 heterocycles. The van der Waals surface area contributed by atoms with Crippen LogP contribution in [0.4, 0.5) is 4.39 Å². The van der Waals surface area contributed by atoms with E-state index in [2.05, 4.69) is 10.3 Å². The van der Waals surface area contributed by atoms with E-state index in [-0.39, 0.29) is 17.6 Å². The second-order valence-corrected chi connectivity index (χ2v) is 5.55. The zero-order chi connectivity index (χ0) is 15.4. The van der Waals surface area contributed by atoms with Crippen molar-refractivity contribution < 1.29 is 9.18 Å². The maximum atomic E-state index is 13.5. The summed E-state index contributed by atoms with van der Waals surface area (Å²) < 4.78 is 15.3. The molecule has 2 aromatic rings. The van der Waals surface area contributed by atoms with E-state index in [0.717, 1.165) is 0 Å². The third-order valence-electron chi connectivity index (χ3n) is 3.20. The molecule has 0 aliphatic heterocycles. The number of rotatable bonds is 5. The molecule has 0 aliphatic rings. The summed E-state index contributed by atoms with van der Waals surface area (Å²) in [6.45, 7) is 3.97. The molecule has 0 aliphatic carbocycles. The van der Waals surface area contributed by atoms with Gasteiger partial charge in [-0.25, -0.2) is 9.37 Å². The molecule has 0 saturated heterocycles. The van der Waals surface area contributed by atoms with Gasteiger partial charge in [-0.3, -0.25) is 4.79 Å². The number of hydrogen-bond donors (Lipinski definition) is 1. The molecule has 1 N–H and O–H groups in total. The van der Waals surface area contributed by atoms with Gasteiger partial charge in [0.25, 0.3) is 0 Å². The second kappa shape index (κ2) is 6.52. The van der Waals surface area contributed by atoms with Crippen LogP contribution in [-0.2, 0) is 11.8 Å². The summed E-state index contributed by atoms with van der Waals surface area (Å²) in [4.78, 5) is 16.4. The van der Waals surface area contributed by atoms with Crippen molar-refractivity contribution in [3.63, 3.8) is 0 Å². The Hall–Kier alpha value is -2.17. The standard InChI is InChI=1S/C16H20FN3O/c1-11(2)9-14(21)19-15(16-18-7-8-20(16)3)12-5-4-6-13(17)10-12/h4-8,10-11,15H,9H2,1-3H3,(H,19,21). The van der Waals surface area contributed by atoms with Gasteiger partial charge in [0, 0.05) is 25.9 Å². The number of benzene rings is 1. The molecule has 1 aromatic carbocycles. The first-order chi connectivity index (χ1) is 9.97. The maximum Gasteiger partial charge on any atom is 0.221 e. The number of hydrogen-bond acceptors (Lipinski definition) is 2. The van der Waals surface area contributed by atoms with Gasteiger partial charge in [-0.1, -0.05) is 26.0 Å². The number of aromatic nitrogens is 2. The van der Waals surface area contributed by atoms with Gasteiger partial charge in [0.2, 0.25) is 5.91 Å².